The Kier molecular flexibility index (Phi) is 6.46. The molecule has 3 rings (SSSR count). The minimum Gasteiger partial charge on any atom is -0.489 e. The van der Waals surface area contributed by atoms with Gasteiger partial charge in [-0.1, -0.05) is 44.2 Å². The predicted octanol–water partition coefficient (Wildman–Crippen LogP) is 2.65. The standard InChI is InChI=1S/C22H23N3O5/c1-15(2)12-24-20(27)21(28)25(22(24)29)13-19(26)23-17-8-10-18(11-9-17)30-14-16-6-4-3-5-7-16/h3-11,15H,12-14H2,1-2H3,(H,23,26). The van der Waals surface area contributed by atoms with E-state index in [0.29, 0.717) is 22.9 Å². The third kappa shape index (κ3) is 5.02. The molecule has 0 unspecified atom stereocenters. The van der Waals surface area contributed by atoms with Gasteiger partial charge in [-0.2, -0.15) is 0 Å². The molecule has 8 heteroatoms. The van der Waals surface area contributed by atoms with Crippen molar-refractivity contribution in [3.8, 4) is 5.75 Å². The summed E-state index contributed by atoms with van der Waals surface area (Å²) in [6, 6.07) is 15.7. The molecule has 1 aliphatic rings. The molecular formula is C22H23N3O5. The van der Waals surface area contributed by atoms with Gasteiger partial charge in [-0.25, -0.2) is 9.69 Å². The van der Waals surface area contributed by atoms with Crippen LogP contribution < -0.4 is 10.1 Å². The summed E-state index contributed by atoms with van der Waals surface area (Å²) in [5.41, 5.74) is 1.52. The number of anilines is 1. The SMILES string of the molecule is CC(C)CN1C(=O)C(=O)N(CC(=O)Nc2ccc(OCc3ccccc3)cc2)C1=O. The Morgan fingerprint density at radius 1 is 0.933 bits per heavy atom. The van der Waals surface area contributed by atoms with Crippen LogP contribution in [0.1, 0.15) is 19.4 Å². The van der Waals surface area contributed by atoms with Crippen molar-refractivity contribution in [3.63, 3.8) is 0 Å². The second-order valence-electron chi connectivity index (χ2n) is 7.33. The number of carbonyl (C=O) groups excluding carboxylic acids is 4. The van der Waals surface area contributed by atoms with E-state index < -0.39 is 30.3 Å². The highest BCUT2D eigenvalue weighted by Crippen LogP contribution is 2.18. The number of benzene rings is 2. The zero-order chi connectivity index (χ0) is 21.7. The lowest BCUT2D eigenvalue weighted by Crippen LogP contribution is -2.39. The van der Waals surface area contributed by atoms with Crippen molar-refractivity contribution in [2.45, 2.75) is 20.5 Å². The number of rotatable bonds is 8. The molecule has 0 radical (unpaired) electrons. The van der Waals surface area contributed by atoms with E-state index in [1.807, 2.05) is 44.2 Å². The highest BCUT2D eigenvalue weighted by atomic mass is 16.5. The van der Waals surface area contributed by atoms with E-state index in [9.17, 15) is 19.2 Å². The number of nitrogens with zero attached hydrogens (tertiary/aromatic N) is 2. The third-order valence-corrected chi connectivity index (χ3v) is 4.37. The highest BCUT2D eigenvalue weighted by molar-refractivity contribution is 6.45. The normalized spacial score (nSPS) is 13.9. The number of carbonyl (C=O) groups is 4. The van der Waals surface area contributed by atoms with Crippen LogP contribution in [0.5, 0.6) is 5.75 Å². The van der Waals surface area contributed by atoms with Gasteiger partial charge in [0.25, 0.3) is 0 Å². The highest BCUT2D eigenvalue weighted by Gasteiger charge is 2.45. The number of urea groups is 1. The Bertz CT molecular complexity index is 941. The maximum absolute atomic E-state index is 12.3. The number of nitrogens with one attached hydrogen (secondary N) is 1. The summed E-state index contributed by atoms with van der Waals surface area (Å²) in [6.45, 7) is 3.68. The smallest absolute Gasteiger partial charge is 0.334 e. The monoisotopic (exact) mass is 409 g/mol. The van der Waals surface area contributed by atoms with Crippen LogP contribution >= 0.6 is 0 Å². The zero-order valence-corrected chi connectivity index (χ0v) is 16.8. The molecule has 2 aromatic carbocycles. The molecule has 2 aromatic rings. The average Bonchev–Trinajstić information content (AvgIpc) is 2.92. The molecule has 0 atom stereocenters. The van der Waals surface area contributed by atoms with Crippen molar-refractivity contribution >= 4 is 29.4 Å². The lowest BCUT2D eigenvalue weighted by molar-refractivity contribution is -0.143. The fourth-order valence-corrected chi connectivity index (χ4v) is 2.94. The van der Waals surface area contributed by atoms with Gasteiger partial charge in [-0.05, 0) is 35.7 Å². The van der Waals surface area contributed by atoms with Crippen molar-refractivity contribution in [2.75, 3.05) is 18.4 Å². The van der Waals surface area contributed by atoms with Gasteiger partial charge in [0.05, 0.1) is 0 Å². The second kappa shape index (κ2) is 9.21. The molecule has 1 heterocycles. The average molecular weight is 409 g/mol. The quantitative estimate of drug-likeness (QED) is 0.534. The van der Waals surface area contributed by atoms with E-state index in [4.69, 9.17) is 4.74 Å². The van der Waals surface area contributed by atoms with Crippen LogP contribution in [0.4, 0.5) is 10.5 Å². The van der Waals surface area contributed by atoms with Crippen LogP contribution in [-0.2, 0) is 21.0 Å². The largest absolute Gasteiger partial charge is 0.489 e. The van der Waals surface area contributed by atoms with Crippen LogP contribution in [0.3, 0.4) is 0 Å². The molecule has 0 bridgehead atoms. The van der Waals surface area contributed by atoms with Gasteiger partial charge in [0.2, 0.25) is 5.91 Å². The maximum Gasteiger partial charge on any atom is 0.334 e. The van der Waals surface area contributed by atoms with Gasteiger partial charge >= 0.3 is 17.8 Å². The third-order valence-electron chi connectivity index (χ3n) is 4.37. The molecule has 8 nitrogen and oxygen atoms in total. The lowest BCUT2D eigenvalue weighted by atomic mass is 10.2. The zero-order valence-electron chi connectivity index (χ0n) is 16.8. The summed E-state index contributed by atoms with van der Waals surface area (Å²) in [6.07, 6.45) is 0. The van der Waals surface area contributed by atoms with Crippen molar-refractivity contribution < 1.29 is 23.9 Å². The fraction of sp³-hybridized carbons (Fsp3) is 0.273. The Balaban J connectivity index is 1.54. The second-order valence-corrected chi connectivity index (χ2v) is 7.33. The number of ether oxygens (including phenoxy) is 1. The van der Waals surface area contributed by atoms with E-state index >= 15 is 0 Å². The van der Waals surface area contributed by atoms with E-state index in [0.717, 1.165) is 10.5 Å². The molecule has 1 saturated heterocycles. The van der Waals surface area contributed by atoms with Gasteiger partial charge < -0.3 is 10.1 Å². The van der Waals surface area contributed by atoms with Crippen molar-refractivity contribution in [3.05, 3.63) is 60.2 Å². The van der Waals surface area contributed by atoms with Crippen molar-refractivity contribution in [1.82, 2.24) is 9.80 Å². The minimum atomic E-state index is -0.986. The number of hydrogen-bond donors (Lipinski definition) is 1. The lowest BCUT2D eigenvalue weighted by Gasteiger charge is -2.16. The summed E-state index contributed by atoms with van der Waals surface area (Å²) >= 11 is 0. The maximum atomic E-state index is 12.3. The molecule has 1 aliphatic heterocycles. The molecule has 0 spiro atoms. The molecular weight excluding hydrogens is 386 g/mol. The fourth-order valence-electron chi connectivity index (χ4n) is 2.94. The number of amides is 5. The molecule has 0 aliphatic carbocycles. The summed E-state index contributed by atoms with van der Waals surface area (Å²) in [4.78, 5) is 50.1. The summed E-state index contributed by atoms with van der Waals surface area (Å²) in [7, 11) is 0. The number of hydrogen-bond acceptors (Lipinski definition) is 5. The van der Waals surface area contributed by atoms with Crippen LogP contribution in [0.2, 0.25) is 0 Å². The molecule has 5 amide bonds. The van der Waals surface area contributed by atoms with Crippen LogP contribution in [0, 0.1) is 5.92 Å². The summed E-state index contributed by atoms with van der Waals surface area (Å²) < 4.78 is 5.69. The van der Waals surface area contributed by atoms with Gasteiger partial charge in [0.15, 0.2) is 0 Å². The van der Waals surface area contributed by atoms with E-state index in [2.05, 4.69) is 5.32 Å². The van der Waals surface area contributed by atoms with Gasteiger partial charge in [-0.15, -0.1) is 0 Å². The molecule has 1 N–H and O–H groups in total. The molecule has 156 valence electrons. The first-order chi connectivity index (χ1) is 14.3. The van der Waals surface area contributed by atoms with E-state index in [1.165, 1.54) is 0 Å². The van der Waals surface area contributed by atoms with Crippen LogP contribution in [-0.4, -0.2) is 46.6 Å². The molecule has 0 saturated carbocycles. The molecule has 30 heavy (non-hydrogen) atoms. The summed E-state index contributed by atoms with van der Waals surface area (Å²) in [5, 5.41) is 2.61. The first kappa shape index (κ1) is 21.0. The van der Waals surface area contributed by atoms with E-state index in [-0.39, 0.29) is 12.5 Å². The van der Waals surface area contributed by atoms with Gasteiger partial charge in [0, 0.05) is 12.2 Å². The Morgan fingerprint density at radius 2 is 1.57 bits per heavy atom. The first-order valence-electron chi connectivity index (χ1n) is 9.59. The van der Waals surface area contributed by atoms with Gasteiger partial charge in [-0.3, -0.25) is 19.3 Å². The Morgan fingerprint density at radius 3 is 2.20 bits per heavy atom. The molecule has 1 fully saturated rings. The number of imide groups is 2. The summed E-state index contributed by atoms with van der Waals surface area (Å²) in [5.74, 6) is -1.81. The molecule has 0 aromatic heterocycles. The Hall–Kier alpha value is -3.68. The van der Waals surface area contributed by atoms with Crippen LogP contribution in [0.15, 0.2) is 54.6 Å². The van der Waals surface area contributed by atoms with Gasteiger partial charge in [0.1, 0.15) is 18.9 Å². The Labute approximate surface area is 174 Å². The van der Waals surface area contributed by atoms with Crippen molar-refractivity contribution in [1.29, 1.82) is 0 Å². The topological polar surface area (TPSA) is 96.0 Å². The minimum absolute atomic E-state index is 0.0158. The van der Waals surface area contributed by atoms with Crippen molar-refractivity contribution in [2.24, 2.45) is 5.92 Å². The van der Waals surface area contributed by atoms with Crippen LogP contribution in [0.25, 0.3) is 0 Å². The van der Waals surface area contributed by atoms with E-state index in [1.54, 1.807) is 24.3 Å². The predicted molar refractivity (Wildman–Crippen MR) is 110 cm³/mol. The first-order valence-corrected chi connectivity index (χ1v) is 9.59.